The van der Waals surface area contributed by atoms with Crippen LogP contribution in [0.2, 0.25) is 5.02 Å². The Bertz CT molecular complexity index is 1430. The number of benzene rings is 2. The first-order valence-electron chi connectivity index (χ1n) is 11.5. The van der Waals surface area contributed by atoms with Gasteiger partial charge in [0.1, 0.15) is 31.2 Å². The third kappa shape index (κ3) is 5.67. The van der Waals surface area contributed by atoms with Gasteiger partial charge >= 0.3 is 0 Å². The Kier molecular flexibility index (Phi) is 8.35. The van der Waals surface area contributed by atoms with E-state index in [1.54, 1.807) is 25.2 Å². The molecule has 10 nitrogen and oxygen atoms in total. The predicted molar refractivity (Wildman–Crippen MR) is 135 cm³/mol. The maximum Gasteiger partial charge on any atom is 0.276 e. The van der Waals surface area contributed by atoms with Crippen molar-refractivity contribution in [3.63, 3.8) is 0 Å². The van der Waals surface area contributed by atoms with Gasteiger partial charge in [0.2, 0.25) is 17.7 Å². The van der Waals surface area contributed by atoms with Crippen LogP contribution >= 0.6 is 11.6 Å². The molecule has 1 aliphatic rings. The summed E-state index contributed by atoms with van der Waals surface area (Å²) in [7, 11) is 1.63. The minimum absolute atomic E-state index is 0.00610. The average Bonchev–Trinajstić information content (AvgIpc) is 3.27. The first kappa shape index (κ1) is 27.2. The number of hydrogen-bond acceptors (Lipinski definition) is 7. The fourth-order valence-electron chi connectivity index (χ4n) is 3.95. The predicted octanol–water partition coefficient (Wildman–Crippen LogP) is 2.04. The zero-order chi connectivity index (χ0) is 27.4. The van der Waals surface area contributed by atoms with Crippen LogP contribution in [0.1, 0.15) is 17.5 Å². The van der Waals surface area contributed by atoms with Crippen molar-refractivity contribution < 1.29 is 28.2 Å². The van der Waals surface area contributed by atoms with Crippen LogP contribution in [0.3, 0.4) is 0 Å². The van der Waals surface area contributed by atoms with E-state index in [-0.39, 0.29) is 67.7 Å². The molecule has 13 heteroatoms. The van der Waals surface area contributed by atoms with Crippen molar-refractivity contribution >= 4 is 34.8 Å². The molecule has 0 saturated heterocycles. The summed E-state index contributed by atoms with van der Waals surface area (Å²) in [6, 6.07) is 8.08. The summed E-state index contributed by atoms with van der Waals surface area (Å²) in [5.41, 5.74) is 1.08. The third-order valence-corrected chi connectivity index (χ3v) is 6.17. The first-order valence-corrected chi connectivity index (χ1v) is 11.9. The number of aliphatic hydroxyl groups excluding tert-OH is 1. The van der Waals surface area contributed by atoms with Crippen LogP contribution in [-0.2, 0) is 22.7 Å². The number of nitrogens with zero attached hydrogens (tertiary/aromatic N) is 4. The van der Waals surface area contributed by atoms with Crippen LogP contribution in [0.4, 0.5) is 20.2 Å². The van der Waals surface area contributed by atoms with E-state index in [1.807, 2.05) is 0 Å². The van der Waals surface area contributed by atoms with E-state index in [2.05, 4.69) is 10.3 Å². The molecule has 200 valence electrons. The molecule has 0 fully saturated rings. The van der Waals surface area contributed by atoms with Gasteiger partial charge < -0.3 is 15.2 Å². The summed E-state index contributed by atoms with van der Waals surface area (Å²) in [5, 5.41) is 11.6. The Balaban J connectivity index is 1.56. The second-order valence-electron chi connectivity index (χ2n) is 8.43. The van der Waals surface area contributed by atoms with Gasteiger partial charge in [-0.2, -0.15) is 0 Å². The summed E-state index contributed by atoms with van der Waals surface area (Å²) >= 11 is 6.17. The maximum atomic E-state index is 13.9. The van der Waals surface area contributed by atoms with E-state index >= 15 is 0 Å². The molecule has 0 bridgehead atoms. The highest BCUT2D eigenvalue weighted by molar-refractivity contribution is 6.31. The number of aliphatic hydroxyl groups is 1. The molecule has 2 N–H and O–H groups in total. The molecular weight excluding hydrogens is 524 g/mol. The van der Waals surface area contributed by atoms with Crippen molar-refractivity contribution in [2.75, 3.05) is 36.7 Å². The number of carbonyl (C=O) groups is 2. The zero-order valence-electron chi connectivity index (χ0n) is 20.3. The van der Waals surface area contributed by atoms with Crippen molar-refractivity contribution in [2.45, 2.75) is 19.6 Å². The number of nitrogens with one attached hydrogen (secondary N) is 1. The summed E-state index contributed by atoms with van der Waals surface area (Å²) in [6.45, 7) is -0.526. The highest BCUT2D eigenvalue weighted by atomic mass is 35.5. The molecule has 1 aliphatic heterocycles. The maximum absolute atomic E-state index is 13.9. The Morgan fingerprint density at radius 3 is 2.61 bits per heavy atom. The molecule has 38 heavy (non-hydrogen) atoms. The van der Waals surface area contributed by atoms with Gasteiger partial charge in [0.15, 0.2) is 5.02 Å². The number of carbonyl (C=O) groups excluding carboxylic acids is 2. The average molecular weight is 548 g/mol. The Morgan fingerprint density at radius 1 is 1.13 bits per heavy atom. The normalized spacial score (nSPS) is 12.6. The van der Waals surface area contributed by atoms with Crippen molar-refractivity contribution in [1.82, 2.24) is 14.9 Å². The fourth-order valence-corrected chi connectivity index (χ4v) is 4.16. The minimum atomic E-state index is -0.801. The first-order chi connectivity index (χ1) is 18.2. The number of halogens is 3. The van der Waals surface area contributed by atoms with Gasteiger partial charge in [-0.1, -0.05) is 17.7 Å². The fraction of sp³-hybridized carbons (Fsp3) is 0.280. The number of fused-ring (bicyclic) bond motifs is 1. The lowest BCUT2D eigenvalue weighted by atomic mass is 10.1. The second kappa shape index (κ2) is 11.7. The molecule has 0 atom stereocenters. The monoisotopic (exact) mass is 547 g/mol. The van der Waals surface area contributed by atoms with Gasteiger partial charge in [-0.25, -0.2) is 13.8 Å². The molecule has 0 saturated carbocycles. The van der Waals surface area contributed by atoms with Crippen LogP contribution in [0.5, 0.6) is 5.88 Å². The number of ether oxygens (including phenoxy) is 1. The van der Waals surface area contributed by atoms with Crippen molar-refractivity contribution in [3.05, 3.63) is 80.9 Å². The largest absolute Gasteiger partial charge is 0.471 e. The number of likely N-dealkylation sites (N-methyl/N-ethyl adjacent to an activating group) is 1. The Hall–Kier alpha value is -3.87. The molecule has 0 radical (unpaired) electrons. The van der Waals surface area contributed by atoms with E-state index in [9.17, 15) is 23.2 Å². The van der Waals surface area contributed by atoms with E-state index in [0.717, 1.165) is 12.1 Å². The summed E-state index contributed by atoms with van der Waals surface area (Å²) < 4.78 is 33.6. The van der Waals surface area contributed by atoms with Crippen LogP contribution in [0.15, 0.2) is 47.5 Å². The molecule has 0 spiro atoms. The van der Waals surface area contributed by atoms with Crippen LogP contribution in [0, 0.1) is 11.6 Å². The number of amides is 2. The molecule has 2 amide bonds. The highest BCUT2D eigenvalue weighted by Crippen LogP contribution is 2.37. The standard InChI is InChI=1S/C25H24ClF2N5O5/c1-29-10-22(36)33-14-32(21(35)6-7-34)19-5-2-15(8-20(19)33)11-31-13-30-24(23(26)25(31)37)38-12-16-3-4-17(27)9-18(16)28/h2-5,8-9,13,29,34H,6-7,10-12,14H2,1H3. The topological polar surface area (TPSA) is 117 Å². The van der Waals surface area contributed by atoms with Gasteiger partial charge in [0, 0.05) is 11.6 Å². The smallest absolute Gasteiger partial charge is 0.276 e. The lowest BCUT2D eigenvalue weighted by Gasteiger charge is -2.18. The molecule has 1 aromatic heterocycles. The third-order valence-electron chi connectivity index (χ3n) is 5.84. The van der Waals surface area contributed by atoms with Crippen molar-refractivity contribution in [3.8, 4) is 5.88 Å². The molecule has 0 aliphatic carbocycles. The van der Waals surface area contributed by atoms with E-state index in [1.165, 1.54) is 26.8 Å². The van der Waals surface area contributed by atoms with Gasteiger partial charge in [-0.15, -0.1) is 0 Å². The van der Waals surface area contributed by atoms with Crippen molar-refractivity contribution in [2.24, 2.45) is 0 Å². The molecule has 2 heterocycles. The number of hydrogen-bond donors (Lipinski definition) is 2. The second-order valence-corrected chi connectivity index (χ2v) is 8.81. The lowest BCUT2D eigenvalue weighted by molar-refractivity contribution is -0.119. The highest BCUT2D eigenvalue weighted by Gasteiger charge is 2.33. The van der Waals surface area contributed by atoms with E-state index in [4.69, 9.17) is 21.4 Å². The molecule has 0 unspecified atom stereocenters. The summed E-state index contributed by atoms with van der Waals surface area (Å²) in [5.74, 6) is -2.32. The van der Waals surface area contributed by atoms with Crippen LogP contribution < -0.4 is 25.4 Å². The molecule has 3 aromatic rings. The molecule has 4 rings (SSSR count). The SMILES string of the molecule is CNCC(=O)N1CN(C(=O)CCO)c2ccc(Cn3cnc(OCc4ccc(F)cc4F)c(Cl)c3=O)cc21. The number of aromatic nitrogens is 2. The van der Waals surface area contributed by atoms with Gasteiger partial charge in [0.05, 0.1) is 37.5 Å². The zero-order valence-corrected chi connectivity index (χ0v) is 21.0. The Morgan fingerprint density at radius 2 is 1.89 bits per heavy atom. The lowest BCUT2D eigenvalue weighted by Crippen LogP contribution is -2.41. The Labute approximate surface area is 221 Å². The van der Waals surface area contributed by atoms with E-state index in [0.29, 0.717) is 16.9 Å². The molecular formula is C25H24ClF2N5O5. The van der Waals surface area contributed by atoms with Crippen LogP contribution in [-0.4, -0.2) is 53.3 Å². The quantitative estimate of drug-likeness (QED) is 0.421. The van der Waals surface area contributed by atoms with Crippen molar-refractivity contribution in [1.29, 1.82) is 0 Å². The number of anilines is 2. The van der Waals surface area contributed by atoms with E-state index < -0.39 is 17.2 Å². The van der Waals surface area contributed by atoms with Gasteiger partial charge in [0.25, 0.3) is 5.56 Å². The van der Waals surface area contributed by atoms with Gasteiger partial charge in [-0.05, 0) is 36.9 Å². The molecule has 2 aromatic carbocycles. The summed E-state index contributed by atoms with van der Waals surface area (Å²) in [6.07, 6.45) is 1.13. The summed E-state index contributed by atoms with van der Waals surface area (Å²) in [4.78, 5) is 45.0. The number of rotatable bonds is 9. The van der Waals surface area contributed by atoms with Crippen LogP contribution in [0.25, 0.3) is 0 Å². The minimum Gasteiger partial charge on any atom is -0.471 e. The van der Waals surface area contributed by atoms with Gasteiger partial charge in [-0.3, -0.25) is 28.8 Å².